The largest absolute Gasteiger partial charge is 0.398 e. The molecule has 2 aromatic carbocycles. The van der Waals surface area contributed by atoms with Crippen molar-refractivity contribution in [1.82, 2.24) is 0 Å². The number of carbonyl (C=O) groups excluding carboxylic acids is 1. The minimum absolute atomic E-state index is 0.390. The van der Waals surface area contributed by atoms with Gasteiger partial charge >= 0.3 is 0 Å². The first-order valence-corrected chi connectivity index (χ1v) is 7.07. The molecular weight excluding hydrogens is 262 g/mol. The number of fused-ring (bicyclic) bond motifs is 1. The number of nitrogen functional groups attached to an aromatic ring is 1. The zero-order valence-electron chi connectivity index (χ0n) is 12.1. The fourth-order valence-corrected chi connectivity index (χ4v) is 2.85. The molecule has 1 heterocycles. The number of benzene rings is 2. The molecule has 108 valence electrons. The van der Waals surface area contributed by atoms with Gasteiger partial charge in [-0.2, -0.15) is 0 Å². The van der Waals surface area contributed by atoms with Gasteiger partial charge in [-0.05, 0) is 48.2 Å². The first-order valence-electron chi connectivity index (χ1n) is 7.07. The van der Waals surface area contributed by atoms with Gasteiger partial charge in [-0.25, -0.2) is 0 Å². The van der Waals surface area contributed by atoms with E-state index in [9.17, 15) is 4.79 Å². The number of amides is 1. The van der Waals surface area contributed by atoms with Gasteiger partial charge in [0.15, 0.2) is 0 Å². The monoisotopic (exact) mass is 281 g/mol. The molecule has 2 aromatic rings. The van der Waals surface area contributed by atoms with E-state index in [1.807, 2.05) is 25.1 Å². The van der Waals surface area contributed by atoms with E-state index in [4.69, 9.17) is 11.5 Å². The second-order valence-electron chi connectivity index (χ2n) is 5.57. The zero-order valence-corrected chi connectivity index (χ0v) is 12.1. The highest BCUT2D eigenvalue weighted by Gasteiger charge is 2.20. The molecule has 0 unspecified atom stereocenters. The van der Waals surface area contributed by atoms with E-state index < -0.39 is 5.91 Å². The summed E-state index contributed by atoms with van der Waals surface area (Å²) in [5.74, 6) is -0.390. The Hall–Kier alpha value is -2.49. The van der Waals surface area contributed by atoms with Gasteiger partial charge in [-0.3, -0.25) is 4.79 Å². The minimum atomic E-state index is -0.390. The van der Waals surface area contributed by atoms with Gasteiger partial charge in [0.2, 0.25) is 5.91 Å². The molecular formula is C17H19N3O. The van der Waals surface area contributed by atoms with E-state index in [1.54, 1.807) is 6.07 Å². The van der Waals surface area contributed by atoms with Crippen molar-refractivity contribution < 1.29 is 4.79 Å². The summed E-state index contributed by atoms with van der Waals surface area (Å²) in [4.78, 5) is 13.6. The van der Waals surface area contributed by atoms with Gasteiger partial charge in [-0.15, -0.1) is 0 Å². The zero-order chi connectivity index (χ0) is 15.0. The predicted molar refractivity (Wildman–Crippen MR) is 85.3 cm³/mol. The first-order chi connectivity index (χ1) is 10.0. The maximum atomic E-state index is 11.3. The van der Waals surface area contributed by atoms with Gasteiger partial charge in [0, 0.05) is 30.0 Å². The SMILES string of the molecule is Cc1cc2c(cc1N)N(Cc1cccc(C(N)=O)c1)CC2. The number of aryl methyl sites for hydroxylation is 1. The summed E-state index contributed by atoms with van der Waals surface area (Å²) < 4.78 is 0. The molecule has 1 aliphatic rings. The predicted octanol–water partition coefficient (Wildman–Crippen LogP) is 2.24. The van der Waals surface area contributed by atoms with Crippen molar-refractivity contribution in [1.29, 1.82) is 0 Å². The minimum Gasteiger partial charge on any atom is -0.398 e. The average molecular weight is 281 g/mol. The van der Waals surface area contributed by atoms with Gasteiger partial charge in [0.05, 0.1) is 0 Å². The van der Waals surface area contributed by atoms with Crippen molar-refractivity contribution in [3.8, 4) is 0 Å². The van der Waals surface area contributed by atoms with E-state index in [0.29, 0.717) is 5.56 Å². The molecule has 0 aliphatic carbocycles. The van der Waals surface area contributed by atoms with E-state index in [0.717, 1.165) is 36.3 Å². The highest BCUT2D eigenvalue weighted by molar-refractivity contribution is 5.92. The normalized spacial score (nSPS) is 13.3. The van der Waals surface area contributed by atoms with Crippen LogP contribution in [0.15, 0.2) is 36.4 Å². The number of hydrogen-bond acceptors (Lipinski definition) is 3. The van der Waals surface area contributed by atoms with Crippen LogP contribution in [0, 0.1) is 6.92 Å². The molecule has 4 N–H and O–H groups in total. The van der Waals surface area contributed by atoms with Crippen molar-refractivity contribution >= 4 is 17.3 Å². The van der Waals surface area contributed by atoms with Crippen molar-refractivity contribution in [2.45, 2.75) is 19.9 Å². The number of anilines is 2. The molecule has 1 amide bonds. The number of rotatable bonds is 3. The third-order valence-electron chi connectivity index (χ3n) is 4.04. The van der Waals surface area contributed by atoms with Gasteiger partial charge in [-0.1, -0.05) is 18.2 Å². The molecule has 3 rings (SSSR count). The van der Waals surface area contributed by atoms with Gasteiger partial charge < -0.3 is 16.4 Å². The summed E-state index contributed by atoms with van der Waals surface area (Å²) in [7, 11) is 0. The van der Waals surface area contributed by atoms with Crippen LogP contribution in [0.3, 0.4) is 0 Å². The third-order valence-corrected chi connectivity index (χ3v) is 4.04. The summed E-state index contributed by atoms with van der Waals surface area (Å²) in [6.45, 7) is 3.77. The summed E-state index contributed by atoms with van der Waals surface area (Å²) in [5.41, 5.74) is 17.5. The lowest BCUT2D eigenvalue weighted by atomic mass is 10.1. The second-order valence-corrected chi connectivity index (χ2v) is 5.57. The Morgan fingerprint density at radius 1 is 1.29 bits per heavy atom. The maximum Gasteiger partial charge on any atom is 0.248 e. The Balaban J connectivity index is 1.87. The van der Waals surface area contributed by atoms with Gasteiger partial charge in [0.25, 0.3) is 0 Å². The summed E-state index contributed by atoms with van der Waals surface area (Å²) in [5, 5.41) is 0. The van der Waals surface area contributed by atoms with E-state index in [2.05, 4.69) is 17.0 Å². The van der Waals surface area contributed by atoms with E-state index in [-0.39, 0.29) is 0 Å². The third kappa shape index (κ3) is 2.57. The molecule has 0 saturated heterocycles. The molecule has 0 saturated carbocycles. The summed E-state index contributed by atoms with van der Waals surface area (Å²) in [6.07, 6.45) is 1.03. The smallest absolute Gasteiger partial charge is 0.248 e. The number of hydrogen-bond donors (Lipinski definition) is 2. The van der Waals surface area contributed by atoms with Crippen molar-refractivity contribution in [3.63, 3.8) is 0 Å². The highest BCUT2D eigenvalue weighted by atomic mass is 16.1. The summed E-state index contributed by atoms with van der Waals surface area (Å²) >= 11 is 0. The van der Waals surface area contributed by atoms with Crippen LogP contribution >= 0.6 is 0 Å². The van der Waals surface area contributed by atoms with Crippen LogP contribution in [0.25, 0.3) is 0 Å². The number of nitrogens with two attached hydrogens (primary N) is 2. The van der Waals surface area contributed by atoms with Crippen molar-refractivity contribution in [3.05, 3.63) is 58.7 Å². The fraction of sp³-hybridized carbons (Fsp3) is 0.235. The first kappa shape index (κ1) is 13.5. The fourth-order valence-electron chi connectivity index (χ4n) is 2.85. The second kappa shape index (κ2) is 5.13. The number of nitrogens with zero attached hydrogens (tertiary/aromatic N) is 1. The Morgan fingerprint density at radius 2 is 2.10 bits per heavy atom. The van der Waals surface area contributed by atoms with Crippen LogP contribution in [0.1, 0.15) is 27.0 Å². The highest BCUT2D eigenvalue weighted by Crippen LogP contribution is 2.33. The molecule has 0 atom stereocenters. The molecule has 0 spiro atoms. The summed E-state index contributed by atoms with van der Waals surface area (Å²) in [6, 6.07) is 11.7. The van der Waals surface area contributed by atoms with Crippen LogP contribution in [0.5, 0.6) is 0 Å². The van der Waals surface area contributed by atoms with Crippen LogP contribution in [-0.4, -0.2) is 12.5 Å². The standard InChI is InChI=1S/C17H19N3O/c1-11-7-13-5-6-20(16(13)9-15(11)18)10-12-3-2-4-14(8-12)17(19)21/h2-4,7-9H,5-6,10,18H2,1H3,(H2,19,21). The Kier molecular flexibility index (Phi) is 3.29. The topological polar surface area (TPSA) is 72.3 Å². The lowest BCUT2D eigenvalue weighted by Crippen LogP contribution is -2.20. The number of primary amides is 1. The van der Waals surface area contributed by atoms with Crippen molar-refractivity contribution in [2.24, 2.45) is 5.73 Å². The van der Waals surface area contributed by atoms with Gasteiger partial charge in [0.1, 0.15) is 0 Å². The van der Waals surface area contributed by atoms with Crippen LogP contribution in [0.4, 0.5) is 11.4 Å². The molecule has 0 aromatic heterocycles. The number of carbonyl (C=O) groups is 1. The average Bonchev–Trinajstić information content (AvgIpc) is 2.82. The molecule has 0 radical (unpaired) electrons. The van der Waals surface area contributed by atoms with Crippen molar-refractivity contribution in [2.75, 3.05) is 17.2 Å². The molecule has 0 fully saturated rings. The molecule has 0 bridgehead atoms. The Morgan fingerprint density at radius 3 is 2.86 bits per heavy atom. The quantitative estimate of drug-likeness (QED) is 0.847. The Bertz CT molecular complexity index is 709. The lowest BCUT2D eigenvalue weighted by molar-refractivity contribution is 0.1000. The molecule has 4 heteroatoms. The lowest BCUT2D eigenvalue weighted by Gasteiger charge is -2.20. The van der Waals surface area contributed by atoms with Crippen LogP contribution < -0.4 is 16.4 Å². The van der Waals surface area contributed by atoms with E-state index >= 15 is 0 Å². The molecule has 4 nitrogen and oxygen atoms in total. The molecule has 1 aliphatic heterocycles. The van der Waals surface area contributed by atoms with E-state index in [1.165, 1.54) is 11.3 Å². The van der Waals surface area contributed by atoms with Crippen LogP contribution in [-0.2, 0) is 13.0 Å². The Labute approximate surface area is 124 Å². The molecule has 21 heavy (non-hydrogen) atoms. The maximum absolute atomic E-state index is 11.3. The van der Waals surface area contributed by atoms with Crippen LogP contribution in [0.2, 0.25) is 0 Å².